The van der Waals surface area contributed by atoms with Gasteiger partial charge in [-0.25, -0.2) is 0 Å². The molecule has 6 heteroatoms. The largest absolute Gasteiger partial charge is 0.394 e. The highest BCUT2D eigenvalue weighted by Gasteiger charge is 2.23. The lowest BCUT2D eigenvalue weighted by atomic mass is 10.1. The van der Waals surface area contributed by atoms with Crippen LogP contribution in [0.1, 0.15) is 5.56 Å². The molecule has 1 aromatic carbocycles. The first-order valence-electron chi connectivity index (χ1n) is 6.48. The van der Waals surface area contributed by atoms with Gasteiger partial charge in [0, 0.05) is 0 Å². The second-order valence-corrected chi connectivity index (χ2v) is 5.66. The molecule has 0 aliphatic carbocycles. The summed E-state index contributed by atoms with van der Waals surface area (Å²) in [5.74, 6) is 0.778. The molecule has 0 radical (unpaired) electrons. The summed E-state index contributed by atoms with van der Waals surface area (Å²) in [4.78, 5) is 24.8. The third-order valence-corrected chi connectivity index (χ3v) is 4.02. The van der Waals surface area contributed by atoms with Crippen molar-refractivity contribution in [3.8, 4) is 0 Å². The third kappa shape index (κ3) is 4.25. The smallest absolute Gasteiger partial charge is 0.239 e. The summed E-state index contributed by atoms with van der Waals surface area (Å²) in [6.07, 6.45) is 0.575. The van der Waals surface area contributed by atoms with Crippen LogP contribution in [0.4, 0.5) is 0 Å². The molecular formula is C14H18N2O3S. The average Bonchev–Trinajstić information content (AvgIpc) is 2.84. The van der Waals surface area contributed by atoms with Crippen LogP contribution in [0, 0.1) is 0 Å². The van der Waals surface area contributed by atoms with Gasteiger partial charge >= 0.3 is 0 Å². The minimum Gasteiger partial charge on any atom is -0.394 e. The van der Waals surface area contributed by atoms with E-state index in [-0.39, 0.29) is 31.0 Å². The van der Waals surface area contributed by atoms with Gasteiger partial charge in [0.1, 0.15) is 6.54 Å². The van der Waals surface area contributed by atoms with Crippen LogP contribution in [-0.4, -0.2) is 52.6 Å². The van der Waals surface area contributed by atoms with Crippen LogP contribution in [0.5, 0.6) is 0 Å². The highest BCUT2D eigenvalue weighted by Crippen LogP contribution is 2.14. The molecule has 1 fully saturated rings. The number of hydrogen-bond donors (Lipinski definition) is 2. The minimum absolute atomic E-state index is 0.00578. The Labute approximate surface area is 122 Å². The van der Waals surface area contributed by atoms with E-state index in [4.69, 9.17) is 0 Å². The van der Waals surface area contributed by atoms with Crippen LogP contribution in [0.3, 0.4) is 0 Å². The maximum atomic E-state index is 11.9. The van der Waals surface area contributed by atoms with Crippen molar-refractivity contribution >= 4 is 23.6 Å². The molecule has 2 rings (SSSR count). The van der Waals surface area contributed by atoms with Crippen molar-refractivity contribution < 1.29 is 14.7 Å². The Hall–Kier alpha value is -1.53. The predicted octanol–water partition coefficient (Wildman–Crippen LogP) is 0.239. The summed E-state index contributed by atoms with van der Waals surface area (Å²) in [5, 5.41) is 12.1. The zero-order valence-electron chi connectivity index (χ0n) is 11.1. The number of hydrogen-bond acceptors (Lipinski definition) is 4. The summed E-state index contributed by atoms with van der Waals surface area (Å²) in [7, 11) is 0. The second-order valence-electron chi connectivity index (χ2n) is 4.71. The van der Waals surface area contributed by atoms with E-state index in [9.17, 15) is 14.7 Å². The monoisotopic (exact) mass is 294 g/mol. The SMILES string of the molecule is O=C(CN1CSCC1=O)N[C@@H](CO)Cc1ccccc1. The molecule has 1 saturated heterocycles. The third-order valence-electron chi connectivity index (χ3n) is 3.07. The molecule has 0 aromatic heterocycles. The fourth-order valence-corrected chi connectivity index (χ4v) is 2.95. The van der Waals surface area contributed by atoms with Gasteiger partial charge in [0.05, 0.1) is 24.3 Å². The highest BCUT2D eigenvalue weighted by molar-refractivity contribution is 8.00. The lowest BCUT2D eigenvalue weighted by molar-refractivity contribution is -0.132. The molecule has 1 aliphatic heterocycles. The Bertz CT molecular complexity index is 467. The number of rotatable bonds is 6. The van der Waals surface area contributed by atoms with Crippen molar-refractivity contribution in [3.63, 3.8) is 0 Å². The molecular weight excluding hydrogens is 276 g/mol. The van der Waals surface area contributed by atoms with Crippen molar-refractivity contribution in [1.82, 2.24) is 10.2 Å². The van der Waals surface area contributed by atoms with E-state index in [0.717, 1.165) is 5.56 Å². The van der Waals surface area contributed by atoms with Gasteiger partial charge in [-0.3, -0.25) is 9.59 Å². The molecule has 0 unspecified atom stereocenters. The molecule has 1 heterocycles. The number of carbonyl (C=O) groups excluding carboxylic acids is 2. The van der Waals surface area contributed by atoms with E-state index in [1.807, 2.05) is 30.3 Å². The Morgan fingerprint density at radius 2 is 2.15 bits per heavy atom. The molecule has 0 spiro atoms. The lowest BCUT2D eigenvalue weighted by Crippen LogP contribution is -2.45. The number of aliphatic hydroxyl groups excluding tert-OH is 1. The number of amides is 2. The van der Waals surface area contributed by atoms with Crippen molar-refractivity contribution in [2.45, 2.75) is 12.5 Å². The van der Waals surface area contributed by atoms with Crippen molar-refractivity contribution in [3.05, 3.63) is 35.9 Å². The van der Waals surface area contributed by atoms with Crippen LogP contribution < -0.4 is 5.32 Å². The van der Waals surface area contributed by atoms with E-state index in [0.29, 0.717) is 18.1 Å². The Kier molecular flexibility index (Phi) is 5.43. The predicted molar refractivity (Wildman–Crippen MR) is 78.2 cm³/mol. The maximum Gasteiger partial charge on any atom is 0.239 e. The molecule has 108 valence electrons. The summed E-state index contributed by atoms with van der Waals surface area (Å²) in [6, 6.07) is 9.35. The molecule has 2 N–H and O–H groups in total. The average molecular weight is 294 g/mol. The van der Waals surface area contributed by atoms with Gasteiger partial charge in [-0.2, -0.15) is 0 Å². The normalized spacial score (nSPS) is 16.2. The summed E-state index contributed by atoms with van der Waals surface area (Å²) < 4.78 is 0. The van der Waals surface area contributed by atoms with E-state index in [1.165, 1.54) is 16.7 Å². The first-order chi connectivity index (χ1) is 9.69. The Balaban J connectivity index is 1.83. The second kappa shape index (κ2) is 7.31. The zero-order valence-corrected chi connectivity index (χ0v) is 11.9. The molecule has 5 nitrogen and oxygen atoms in total. The van der Waals surface area contributed by atoms with E-state index >= 15 is 0 Å². The summed E-state index contributed by atoms with van der Waals surface area (Å²) in [6.45, 7) is -0.0551. The maximum absolute atomic E-state index is 11.9. The quantitative estimate of drug-likeness (QED) is 0.788. The number of thioether (sulfide) groups is 1. The van der Waals surface area contributed by atoms with Gasteiger partial charge in [-0.15, -0.1) is 11.8 Å². The van der Waals surface area contributed by atoms with E-state index in [1.54, 1.807) is 0 Å². The molecule has 20 heavy (non-hydrogen) atoms. The summed E-state index contributed by atoms with van der Waals surface area (Å²) in [5.41, 5.74) is 1.06. The summed E-state index contributed by atoms with van der Waals surface area (Å²) >= 11 is 1.51. The topological polar surface area (TPSA) is 69.6 Å². The van der Waals surface area contributed by atoms with Crippen LogP contribution in [0.2, 0.25) is 0 Å². The van der Waals surface area contributed by atoms with Gasteiger partial charge in [0.2, 0.25) is 11.8 Å². The Morgan fingerprint density at radius 1 is 1.40 bits per heavy atom. The number of benzene rings is 1. The van der Waals surface area contributed by atoms with Gasteiger partial charge in [0.25, 0.3) is 0 Å². The van der Waals surface area contributed by atoms with E-state index < -0.39 is 0 Å². The molecule has 1 aromatic rings. The molecule has 2 amide bonds. The van der Waals surface area contributed by atoms with Crippen LogP contribution in [-0.2, 0) is 16.0 Å². The molecule has 1 aliphatic rings. The fourth-order valence-electron chi connectivity index (χ4n) is 2.05. The highest BCUT2D eigenvalue weighted by atomic mass is 32.2. The number of aliphatic hydroxyl groups is 1. The van der Waals surface area contributed by atoms with Crippen LogP contribution >= 0.6 is 11.8 Å². The number of nitrogens with one attached hydrogen (secondary N) is 1. The van der Waals surface area contributed by atoms with Crippen molar-refractivity contribution in [1.29, 1.82) is 0 Å². The molecule has 0 bridgehead atoms. The number of nitrogens with zero attached hydrogens (tertiary/aromatic N) is 1. The van der Waals surface area contributed by atoms with Gasteiger partial charge < -0.3 is 15.3 Å². The lowest BCUT2D eigenvalue weighted by Gasteiger charge is -2.19. The minimum atomic E-state index is -0.324. The fraction of sp³-hybridized carbons (Fsp3) is 0.429. The van der Waals surface area contributed by atoms with Gasteiger partial charge in [-0.05, 0) is 12.0 Å². The molecule has 1 atom stereocenters. The van der Waals surface area contributed by atoms with Crippen LogP contribution in [0.15, 0.2) is 30.3 Å². The number of carbonyl (C=O) groups is 2. The van der Waals surface area contributed by atoms with Gasteiger partial charge in [0.15, 0.2) is 0 Å². The van der Waals surface area contributed by atoms with E-state index in [2.05, 4.69) is 5.32 Å². The Morgan fingerprint density at radius 3 is 2.75 bits per heavy atom. The van der Waals surface area contributed by atoms with Gasteiger partial charge in [-0.1, -0.05) is 30.3 Å². The standard InChI is InChI=1S/C14H18N2O3S/c17-8-12(6-11-4-2-1-3-5-11)15-13(18)7-16-10-20-9-14(16)19/h1-5,12,17H,6-10H2,(H,15,18)/t12-/m1/s1. The van der Waals surface area contributed by atoms with Crippen LogP contribution in [0.25, 0.3) is 0 Å². The van der Waals surface area contributed by atoms with Crippen molar-refractivity contribution in [2.75, 3.05) is 24.8 Å². The first-order valence-corrected chi connectivity index (χ1v) is 7.64. The first kappa shape index (κ1) is 14.9. The van der Waals surface area contributed by atoms with Crippen molar-refractivity contribution in [2.24, 2.45) is 0 Å². The molecule has 0 saturated carbocycles. The zero-order chi connectivity index (χ0) is 14.4.